The van der Waals surface area contributed by atoms with E-state index in [-0.39, 0.29) is 23.2 Å². The SMILES string of the molecule is C=CC(=O)C[C@H]1CCOC[C@H]1Nc1cc2c(N3CC4(CCOCC4)C3)nc(-c3c(Cl)c(OC)cc(OC)c3Cl)cc2cn1. The van der Waals surface area contributed by atoms with E-state index in [0.29, 0.717) is 58.3 Å². The molecule has 1 N–H and O–H groups in total. The number of ketones is 1. The second kappa shape index (κ2) is 12.5. The van der Waals surface area contributed by atoms with E-state index in [2.05, 4.69) is 16.8 Å². The normalized spacial score (nSPS) is 21.3. The fraction of sp³-hybridized carbons (Fsp3) is 0.469. The quantitative estimate of drug-likeness (QED) is 0.278. The zero-order chi connectivity index (χ0) is 30.1. The molecule has 6 rings (SSSR count). The maximum Gasteiger partial charge on any atom is 0.155 e. The maximum absolute atomic E-state index is 12.2. The van der Waals surface area contributed by atoms with Gasteiger partial charge in [0.25, 0.3) is 0 Å². The minimum Gasteiger partial charge on any atom is -0.495 e. The number of ether oxygens (including phenoxy) is 4. The number of nitrogens with one attached hydrogen (secondary N) is 1. The number of carbonyl (C=O) groups excluding carboxylic acids is 1. The third-order valence-electron chi connectivity index (χ3n) is 8.95. The number of benzene rings is 1. The molecule has 0 amide bonds. The van der Waals surface area contributed by atoms with Crippen LogP contribution in [-0.2, 0) is 14.3 Å². The number of hydrogen-bond acceptors (Lipinski definition) is 9. The molecule has 5 heterocycles. The molecule has 0 bridgehead atoms. The van der Waals surface area contributed by atoms with Gasteiger partial charge in [-0.1, -0.05) is 29.8 Å². The minimum absolute atomic E-state index is 0.0375. The Balaban J connectivity index is 1.41. The fourth-order valence-corrected chi connectivity index (χ4v) is 7.13. The van der Waals surface area contributed by atoms with E-state index in [9.17, 15) is 4.79 Å². The Morgan fingerprint density at radius 1 is 1.12 bits per heavy atom. The molecular weight excluding hydrogens is 591 g/mol. The van der Waals surface area contributed by atoms with Gasteiger partial charge in [-0.05, 0) is 43.4 Å². The van der Waals surface area contributed by atoms with E-state index in [1.165, 1.54) is 6.08 Å². The third kappa shape index (κ3) is 5.88. The van der Waals surface area contributed by atoms with Gasteiger partial charge in [0.15, 0.2) is 5.78 Å². The van der Waals surface area contributed by atoms with Crippen molar-refractivity contribution in [2.24, 2.45) is 11.3 Å². The lowest BCUT2D eigenvalue weighted by molar-refractivity contribution is -0.116. The van der Waals surface area contributed by atoms with Crippen molar-refractivity contribution >= 4 is 51.4 Å². The van der Waals surface area contributed by atoms with Gasteiger partial charge in [0.1, 0.15) is 23.1 Å². The van der Waals surface area contributed by atoms with E-state index >= 15 is 0 Å². The molecule has 2 atom stereocenters. The Labute approximate surface area is 261 Å². The first kappa shape index (κ1) is 29.9. The van der Waals surface area contributed by atoms with E-state index in [4.69, 9.17) is 52.1 Å². The summed E-state index contributed by atoms with van der Waals surface area (Å²) in [6.07, 6.45) is 6.53. The van der Waals surface area contributed by atoms with Crippen molar-refractivity contribution in [3.05, 3.63) is 47.1 Å². The van der Waals surface area contributed by atoms with Crippen LogP contribution in [0.25, 0.3) is 22.0 Å². The Hall–Kier alpha value is -3.11. The number of halogens is 2. The van der Waals surface area contributed by atoms with Gasteiger partial charge < -0.3 is 29.2 Å². The third-order valence-corrected chi connectivity index (χ3v) is 9.70. The zero-order valence-electron chi connectivity index (χ0n) is 24.5. The van der Waals surface area contributed by atoms with Crippen LogP contribution in [0.1, 0.15) is 25.7 Å². The van der Waals surface area contributed by atoms with Crippen LogP contribution in [0.3, 0.4) is 0 Å². The molecule has 2 aromatic heterocycles. The Morgan fingerprint density at radius 2 is 1.84 bits per heavy atom. The fourth-order valence-electron chi connectivity index (χ4n) is 6.44. The standard InChI is InChI=1S/C32H36Cl2N4O5/c1-4-21(39)11-19-5-8-43-16-24(19)36-27-13-22-20(15-35-27)12-23(28-29(33)25(40-2)14-26(41-3)30(28)34)37-31(22)38-17-32(18-38)6-9-42-10-7-32/h4,12-15,19,24H,1,5-11,16-18H2,2-3H3,(H,35,36)/t19-,24-/m1/s1. The first-order chi connectivity index (χ1) is 20.8. The number of rotatable bonds is 9. The largest absolute Gasteiger partial charge is 0.495 e. The highest BCUT2D eigenvalue weighted by Gasteiger charge is 2.45. The number of pyridine rings is 2. The molecule has 3 fully saturated rings. The van der Waals surface area contributed by atoms with Crippen LogP contribution in [0.5, 0.6) is 11.5 Å². The number of hydrogen-bond donors (Lipinski definition) is 1. The molecule has 1 spiro atoms. The van der Waals surface area contributed by atoms with E-state index in [1.807, 2.05) is 18.3 Å². The molecule has 228 valence electrons. The van der Waals surface area contributed by atoms with Crippen molar-refractivity contribution < 1.29 is 23.7 Å². The molecule has 0 saturated carbocycles. The van der Waals surface area contributed by atoms with Crippen LogP contribution >= 0.6 is 23.2 Å². The van der Waals surface area contributed by atoms with Gasteiger partial charge >= 0.3 is 0 Å². The number of fused-ring (bicyclic) bond motifs is 1. The monoisotopic (exact) mass is 626 g/mol. The Kier molecular flexibility index (Phi) is 8.69. The summed E-state index contributed by atoms with van der Waals surface area (Å²) in [6, 6.07) is 5.60. The first-order valence-corrected chi connectivity index (χ1v) is 15.3. The highest BCUT2D eigenvalue weighted by atomic mass is 35.5. The summed E-state index contributed by atoms with van der Waals surface area (Å²) in [5.74, 6) is 2.60. The predicted octanol–water partition coefficient (Wildman–Crippen LogP) is 6.20. The molecule has 9 nitrogen and oxygen atoms in total. The van der Waals surface area contributed by atoms with Crippen molar-refractivity contribution in [3.8, 4) is 22.8 Å². The number of methoxy groups -OCH3 is 2. The second-order valence-electron chi connectivity index (χ2n) is 11.6. The van der Waals surface area contributed by atoms with Crippen molar-refractivity contribution in [2.45, 2.75) is 31.7 Å². The summed E-state index contributed by atoms with van der Waals surface area (Å²) in [5, 5.41) is 6.12. The molecular formula is C32H36Cl2N4O5. The smallest absolute Gasteiger partial charge is 0.155 e. The van der Waals surface area contributed by atoms with Crippen LogP contribution < -0.4 is 19.7 Å². The summed E-state index contributed by atoms with van der Waals surface area (Å²) < 4.78 is 22.5. The summed E-state index contributed by atoms with van der Waals surface area (Å²) in [4.78, 5) is 24.4. The van der Waals surface area contributed by atoms with Gasteiger partial charge in [-0.2, -0.15) is 0 Å². The maximum atomic E-state index is 12.2. The lowest BCUT2D eigenvalue weighted by Crippen LogP contribution is -2.58. The van der Waals surface area contributed by atoms with Crippen LogP contribution in [-0.4, -0.2) is 75.5 Å². The second-order valence-corrected chi connectivity index (χ2v) is 12.4. The lowest BCUT2D eigenvalue weighted by Gasteiger charge is -2.53. The zero-order valence-corrected chi connectivity index (χ0v) is 26.0. The average molecular weight is 628 g/mol. The molecule has 43 heavy (non-hydrogen) atoms. The molecule has 3 aliphatic rings. The number of anilines is 2. The van der Waals surface area contributed by atoms with Crippen LogP contribution in [0.15, 0.2) is 37.1 Å². The van der Waals surface area contributed by atoms with Gasteiger partial charge in [-0.3, -0.25) is 4.79 Å². The predicted molar refractivity (Wildman–Crippen MR) is 169 cm³/mol. The summed E-state index contributed by atoms with van der Waals surface area (Å²) in [5.41, 5.74) is 1.38. The van der Waals surface area contributed by atoms with Gasteiger partial charge in [0.05, 0.1) is 42.6 Å². The molecule has 11 heteroatoms. The van der Waals surface area contributed by atoms with E-state index < -0.39 is 0 Å². The highest BCUT2D eigenvalue weighted by molar-refractivity contribution is 6.41. The molecule has 0 radical (unpaired) electrons. The topological polar surface area (TPSA) is 95.0 Å². The first-order valence-electron chi connectivity index (χ1n) is 14.6. The van der Waals surface area contributed by atoms with Crippen LogP contribution in [0, 0.1) is 11.3 Å². The highest BCUT2D eigenvalue weighted by Crippen LogP contribution is 2.48. The van der Waals surface area contributed by atoms with Crippen LogP contribution in [0.2, 0.25) is 10.0 Å². The summed E-state index contributed by atoms with van der Waals surface area (Å²) in [6.45, 7) is 8.12. The molecule has 3 aromatic rings. The summed E-state index contributed by atoms with van der Waals surface area (Å²) >= 11 is 13.6. The van der Waals surface area contributed by atoms with E-state index in [1.54, 1.807) is 20.3 Å². The van der Waals surface area contributed by atoms with Gasteiger partial charge in [-0.15, -0.1) is 0 Å². The number of nitrogens with zero attached hydrogens (tertiary/aromatic N) is 3. The Bertz CT molecular complexity index is 1510. The van der Waals surface area contributed by atoms with Crippen molar-refractivity contribution in [3.63, 3.8) is 0 Å². The number of allylic oxidation sites excluding steroid dienone is 1. The van der Waals surface area contributed by atoms with Crippen molar-refractivity contribution in [1.82, 2.24) is 9.97 Å². The van der Waals surface area contributed by atoms with Gasteiger partial charge in [0.2, 0.25) is 0 Å². The molecule has 0 aliphatic carbocycles. The number of carbonyl (C=O) groups is 1. The molecule has 1 aromatic carbocycles. The van der Waals surface area contributed by atoms with E-state index in [0.717, 1.165) is 62.2 Å². The molecule has 3 aliphatic heterocycles. The van der Waals surface area contributed by atoms with Crippen LogP contribution in [0.4, 0.5) is 11.6 Å². The van der Waals surface area contributed by atoms with Gasteiger partial charge in [-0.25, -0.2) is 9.97 Å². The summed E-state index contributed by atoms with van der Waals surface area (Å²) in [7, 11) is 3.11. The molecule has 0 unspecified atom stereocenters. The lowest BCUT2D eigenvalue weighted by atomic mass is 9.73. The van der Waals surface area contributed by atoms with Gasteiger partial charge in [0, 0.05) is 73.3 Å². The average Bonchev–Trinajstić information content (AvgIpc) is 3.01. The van der Waals surface area contributed by atoms with Crippen molar-refractivity contribution in [1.29, 1.82) is 0 Å². The number of aromatic nitrogens is 2. The molecule has 3 saturated heterocycles. The van der Waals surface area contributed by atoms with Crippen molar-refractivity contribution in [2.75, 3.05) is 64.0 Å². The Morgan fingerprint density at radius 3 is 2.51 bits per heavy atom. The minimum atomic E-state index is -0.0466.